The third-order valence-electron chi connectivity index (χ3n) is 4.64. The van der Waals surface area contributed by atoms with E-state index in [0.29, 0.717) is 48.0 Å². The van der Waals surface area contributed by atoms with Gasteiger partial charge in [0, 0.05) is 12.7 Å². The topological polar surface area (TPSA) is 140 Å². The van der Waals surface area contributed by atoms with Crippen molar-refractivity contribution >= 4 is 38.3 Å². The van der Waals surface area contributed by atoms with Gasteiger partial charge < -0.3 is 14.2 Å². The number of sulfone groups is 1. The van der Waals surface area contributed by atoms with E-state index in [1.807, 2.05) is 37.3 Å². The van der Waals surface area contributed by atoms with Crippen LogP contribution in [-0.4, -0.2) is 51.1 Å². The van der Waals surface area contributed by atoms with Crippen molar-refractivity contribution in [3.63, 3.8) is 0 Å². The number of methoxy groups -OCH3 is 1. The zero-order valence-corrected chi connectivity index (χ0v) is 21.5. The highest BCUT2D eigenvalue weighted by Crippen LogP contribution is 2.29. The van der Waals surface area contributed by atoms with Gasteiger partial charge in [0.25, 0.3) is 5.91 Å². The summed E-state index contributed by atoms with van der Waals surface area (Å²) in [5.41, 5.74) is 1.48. The lowest BCUT2D eigenvalue weighted by Gasteiger charge is -2.12. The van der Waals surface area contributed by atoms with Crippen molar-refractivity contribution in [2.24, 2.45) is 0 Å². The normalized spacial score (nSPS) is 11.4. The van der Waals surface area contributed by atoms with Crippen molar-refractivity contribution in [3.8, 4) is 23.3 Å². The van der Waals surface area contributed by atoms with E-state index < -0.39 is 15.7 Å². The molecule has 0 aliphatic rings. The smallest absolute Gasteiger partial charge is 0.268 e. The van der Waals surface area contributed by atoms with Crippen LogP contribution in [0.4, 0.5) is 5.13 Å². The first-order valence-electron chi connectivity index (χ1n) is 10.7. The molecule has 0 unspecified atom stereocenters. The van der Waals surface area contributed by atoms with Crippen LogP contribution in [0.25, 0.3) is 6.08 Å². The Balaban J connectivity index is 1.59. The Bertz CT molecular complexity index is 1390. The van der Waals surface area contributed by atoms with E-state index in [-0.39, 0.29) is 15.0 Å². The van der Waals surface area contributed by atoms with Crippen molar-refractivity contribution in [2.45, 2.75) is 17.7 Å². The molecule has 0 aliphatic heterocycles. The van der Waals surface area contributed by atoms with Crippen molar-refractivity contribution in [1.82, 2.24) is 10.2 Å². The lowest BCUT2D eigenvalue weighted by Crippen LogP contribution is -2.13. The number of ether oxygens (including phenoxy) is 3. The van der Waals surface area contributed by atoms with E-state index in [4.69, 9.17) is 14.2 Å². The fourth-order valence-electron chi connectivity index (χ4n) is 2.85. The molecule has 36 heavy (non-hydrogen) atoms. The van der Waals surface area contributed by atoms with Crippen LogP contribution in [-0.2, 0) is 14.6 Å². The van der Waals surface area contributed by atoms with Gasteiger partial charge in [-0.15, -0.1) is 10.2 Å². The summed E-state index contributed by atoms with van der Waals surface area (Å²) in [4.78, 5) is 12.5. The quantitative estimate of drug-likeness (QED) is 0.171. The maximum absolute atomic E-state index is 12.5. The number of nitrogens with zero attached hydrogens (tertiary/aromatic N) is 3. The molecular formula is C24H24N4O6S2. The average molecular weight is 529 g/mol. The largest absolute Gasteiger partial charge is 0.493 e. The molecule has 1 aromatic heterocycles. The van der Waals surface area contributed by atoms with E-state index in [2.05, 4.69) is 15.5 Å². The first-order chi connectivity index (χ1) is 17.2. The van der Waals surface area contributed by atoms with Gasteiger partial charge in [-0.3, -0.25) is 10.1 Å². The van der Waals surface area contributed by atoms with Gasteiger partial charge in [-0.2, -0.15) is 5.26 Å². The molecule has 1 heterocycles. The summed E-state index contributed by atoms with van der Waals surface area (Å²) in [6.45, 7) is 2.91. The molecule has 1 amide bonds. The van der Waals surface area contributed by atoms with E-state index in [0.717, 1.165) is 12.0 Å². The molecule has 2 aromatic carbocycles. The number of carbonyl (C=O) groups is 1. The van der Waals surface area contributed by atoms with E-state index in [1.165, 1.54) is 18.7 Å². The molecule has 0 radical (unpaired) electrons. The molecule has 0 fully saturated rings. The Labute approximate surface area is 213 Å². The summed E-state index contributed by atoms with van der Waals surface area (Å²) in [6, 6.07) is 14.6. The van der Waals surface area contributed by atoms with Crippen LogP contribution in [0.15, 0.2) is 52.4 Å². The van der Waals surface area contributed by atoms with Crippen molar-refractivity contribution in [1.29, 1.82) is 5.26 Å². The highest BCUT2D eigenvalue weighted by Gasteiger charge is 2.17. The second-order valence-corrected chi connectivity index (χ2v) is 10.7. The summed E-state index contributed by atoms with van der Waals surface area (Å²) in [6.07, 6.45) is 3.01. The van der Waals surface area contributed by atoms with Gasteiger partial charge >= 0.3 is 0 Å². The SMILES string of the molecule is COc1cc(C=C(C#N)C(=O)Nc2nnc(S(C)(=O)=O)s2)ccc1OCCCOc1ccc(C)cc1. The number of hydrogen-bond donors (Lipinski definition) is 1. The summed E-state index contributed by atoms with van der Waals surface area (Å²) < 4.78 is 39.7. The lowest BCUT2D eigenvalue weighted by molar-refractivity contribution is -0.112. The predicted molar refractivity (Wildman–Crippen MR) is 135 cm³/mol. The molecule has 188 valence electrons. The number of anilines is 1. The second-order valence-electron chi connectivity index (χ2n) is 7.54. The molecule has 0 aliphatic carbocycles. The summed E-state index contributed by atoms with van der Waals surface area (Å²) in [5.74, 6) is 0.994. The molecule has 0 bridgehead atoms. The Morgan fingerprint density at radius 1 is 1.11 bits per heavy atom. The van der Waals surface area contributed by atoms with Crippen molar-refractivity contribution in [3.05, 3.63) is 59.2 Å². The van der Waals surface area contributed by atoms with Crippen molar-refractivity contribution in [2.75, 3.05) is 31.9 Å². The lowest BCUT2D eigenvalue weighted by atomic mass is 10.1. The van der Waals surface area contributed by atoms with Gasteiger partial charge in [0.2, 0.25) is 19.3 Å². The number of carbonyl (C=O) groups excluding carboxylic acids is 1. The fraction of sp³-hybridized carbons (Fsp3) is 0.250. The van der Waals surface area contributed by atoms with E-state index in [9.17, 15) is 18.5 Å². The Morgan fingerprint density at radius 3 is 2.47 bits per heavy atom. The number of aromatic nitrogens is 2. The number of nitrogens with one attached hydrogen (secondary N) is 1. The number of hydrogen-bond acceptors (Lipinski definition) is 10. The van der Waals surface area contributed by atoms with Crippen LogP contribution in [0.3, 0.4) is 0 Å². The van der Waals surface area contributed by atoms with Crippen LogP contribution in [0.5, 0.6) is 17.2 Å². The third-order valence-corrected chi connectivity index (χ3v) is 7.15. The minimum atomic E-state index is -3.55. The van der Waals surface area contributed by atoms with Gasteiger partial charge in [0.1, 0.15) is 17.4 Å². The molecule has 1 N–H and O–H groups in total. The van der Waals surface area contributed by atoms with E-state index >= 15 is 0 Å². The zero-order valence-electron chi connectivity index (χ0n) is 19.8. The Hall–Kier alpha value is -3.95. The number of rotatable bonds is 11. The minimum absolute atomic E-state index is 0.0331. The molecule has 0 saturated carbocycles. The highest BCUT2D eigenvalue weighted by atomic mass is 32.2. The van der Waals surface area contributed by atoms with Crippen LogP contribution < -0.4 is 19.5 Å². The van der Waals surface area contributed by atoms with E-state index in [1.54, 1.807) is 18.2 Å². The van der Waals surface area contributed by atoms with Crippen LogP contribution in [0.1, 0.15) is 17.5 Å². The minimum Gasteiger partial charge on any atom is -0.493 e. The number of benzene rings is 2. The molecule has 12 heteroatoms. The Morgan fingerprint density at radius 2 is 1.83 bits per heavy atom. The first kappa shape index (κ1) is 26.7. The molecule has 3 rings (SSSR count). The van der Waals surface area contributed by atoms with Gasteiger partial charge in [-0.05, 0) is 42.8 Å². The average Bonchev–Trinajstić information content (AvgIpc) is 3.33. The van der Waals surface area contributed by atoms with Crippen molar-refractivity contribution < 1.29 is 27.4 Å². The van der Waals surface area contributed by atoms with Gasteiger partial charge in [-0.1, -0.05) is 35.1 Å². The molecule has 0 atom stereocenters. The highest BCUT2D eigenvalue weighted by molar-refractivity contribution is 7.92. The summed E-state index contributed by atoms with van der Waals surface area (Å²) >= 11 is 0.696. The molecule has 0 saturated heterocycles. The summed E-state index contributed by atoms with van der Waals surface area (Å²) in [5, 5.41) is 18.9. The van der Waals surface area contributed by atoms with Crippen LogP contribution in [0, 0.1) is 18.3 Å². The van der Waals surface area contributed by atoms with Gasteiger partial charge in [-0.25, -0.2) is 8.42 Å². The maximum Gasteiger partial charge on any atom is 0.268 e. The fourth-order valence-corrected chi connectivity index (χ4v) is 4.35. The molecule has 0 spiro atoms. The monoisotopic (exact) mass is 528 g/mol. The van der Waals surface area contributed by atoms with Crippen LogP contribution >= 0.6 is 11.3 Å². The standard InChI is InChI=1S/C24H24N4O6S2/c1-16-5-8-19(9-6-16)33-11-4-12-34-20-10-7-17(14-21(20)32-2)13-18(15-25)22(29)26-23-27-28-24(35-23)36(3,30)31/h5-10,13-14H,4,11-12H2,1-3H3,(H,26,27,29). The van der Waals surface area contributed by atoms with Gasteiger partial charge in [0.05, 0.1) is 20.3 Å². The molecule has 10 nitrogen and oxygen atoms in total. The number of amides is 1. The zero-order chi connectivity index (χ0) is 26.1. The van der Waals surface area contributed by atoms with Gasteiger partial charge in [0.15, 0.2) is 11.5 Å². The number of nitriles is 1. The summed E-state index contributed by atoms with van der Waals surface area (Å²) in [7, 11) is -2.06. The second kappa shape index (κ2) is 12.1. The predicted octanol–water partition coefficient (Wildman–Crippen LogP) is 3.65. The maximum atomic E-state index is 12.5. The van der Waals surface area contributed by atoms with Crippen LogP contribution in [0.2, 0.25) is 0 Å². The first-order valence-corrected chi connectivity index (χ1v) is 13.4. The number of aryl methyl sites for hydroxylation is 1. The third kappa shape index (κ3) is 7.53. The molecule has 3 aromatic rings. The Kier molecular flexibility index (Phi) is 8.99. The molecular weight excluding hydrogens is 504 g/mol.